The topological polar surface area (TPSA) is 89.2 Å². The monoisotopic (exact) mass is 573 g/mol. The summed E-state index contributed by atoms with van der Waals surface area (Å²) in [5.74, 6) is -0.835. The van der Waals surface area contributed by atoms with E-state index in [4.69, 9.17) is 25.5 Å². The number of fused-ring (bicyclic) bond motifs is 1. The summed E-state index contributed by atoms with van der Waals surface area (Å²) in [6, 6.07) is 19.1. The molecule has 2 heterocycles. The van der Waals surface area contributed by atoms with Crippen molar-refractivity contribution in [3.8, 4) is 11.5 Å². The Labute approximate surface area is 243 Å². The van der Waals surface area contributed by atoms with E-state index in [1.807, 2.05) is 55.5 Å². The number of hydrogen-bond donors (Lipinski definition) is 1. The van der Waals surface area contributed by atoms with Crippen LogP contribution in [0, 0.1) is 0 Å². The molecule has 41 heavy (non-hydrogen) atoms. The molecule has 0 fully saturated rings. The van der Waals surface area contributed by atoms with Crippen molar-refractivity contribution in [1.29, 1.82) is 0 Å². The SMILES string of the molecule is CCOc1cccc(CN2C(=O)C(O)=C(C(=O)c3cc4cc(Cl)cc(OC)c4o3)C2c2ccc(C(C)(C)C)cc2)c1. The molecule has 0 spiro atoms. The number of furan rings is 1. The highest BCUT2D eigenvalue weighted by Gasteiger charge is 2.44. The van der Waals surface area contributed by atoms with Crippen LogP contribution >= 0.6 is 11.6 Å². The van der Waals surface area contributed by atoms with Crippen LogP contribution < -0.4 is 9.47 Å². The summed E-state index contributed by atoms with van der Waals surface area (Å²) >= 11 is 6.22. The number of ketones is 1. The van der Waals surface area contributed by atoms with Crippen molar-refractivity contribution in [3.63, 3.8) is 0 Å². The number of amides is 1. The predicted molar refractivity (Wildman–Crippen MR) is 158 cm³/mol. The third kappa shape index (κ3) is 5.42. The van der Waals surface area contributed by atoms with E-state index in [0.29, 0.717) is 39.7 Å². The molecule has 1 atom stereocenters. The van der Waals surface area contributed by atoms with E-state index in [1.54, 1.807) is 18.2 Å². The fraction of sp³-hybridized carbons (Fsp3) is 0.273. The molecule has 3 aromatic carbocycles. The maximum Gasteiger partial charge on any atom is 0.290 e. The first-order chi connectivity index (χ1) is 19.5. The zero-order chi connectivity index (χ0) is 29.5. The van der Waals surface area contributed by atoms with Gasteiger partial charge in [-0.1, -0.05) is 68.8 Å². The lowest BCUT2D eigenvalue weighted by atomic mass is 9.85. The van der Waals surface area contributed by atoms with Crippen molar-refractivity contribution in [3.05, 3.63) is 106 Å². The lowest BCUT2D eigenvalue weighted by molar-refractivity contribution is -0.130. The van der Waals surface area contributed by atoms with Crippen LogP contribution in [0.1, 0.15) is 61.0 Å². The smallest absolute Gasteiger partial charge is 0.290 e. The number of ether oxygens (including phenoxy) is 2. The Kier molecular flexibility index (Phi) is 7.58. The van der Waals surface area contributed by atoms with E-state index in [0.717, 1.165) is 11.1 Å². The predicted octanol–water partition coefficient (Wildman–Crippen LogP) is 7.57. The third-order valence-corrected chi connectivity index (χ3v) is 7.41. The molecule has 7 nitrogen and oxygen atoms in total. The number of benzene rings is 3. The summed E-state index contributed by atoms with van der Waals surface area (Å²) < 4.78 is 16.9. The maximum atomic E-state index is 14.0. The number of rotatable bonds is 8. The van der Waals surface area contributed by atoms with Crippen molar-refractivity contribution in [2.45, 2.75) is 45.7 Å². The molecule has 1 unspecified atom stereocenters. The van der Waals surface area contributed by atoms with Gasteiger partial charge in [0.1, 0.15) is 5.75 Å². The molecule has 0 bridgehead atoms. The van der Waals surface area contributed by atoms with Crippen molar-refractivity contribution in [2.24, 2.45) is 0 Å². The van der Waals surface area contributed by atoms with Gasteiger partial charge in [-0.15, -0.1) is 0 Å². The fourth-order valence-electron chi connectivity index (χ4n) is 5.14. The Bertz CT molecular complexity index is 1660. The van der Waals surface area contributed by atoms with Gasteiger partial charge in [-0.05, 0) is 53.3 Å². The summed E-state index contributed by atoms with van der Waals surface area (Å²) in [4.78, 5) is 29.1. The highest BCUT2D eigenvalue weighted by molar-refractivity contribution is 6.31. The van der Waals surface area contributed by atoms with Crippen molar-refractivity contribution < 1.29 is 28.6 Å². The first kappa shape index (κ1) is 28.3. The van der Waals surface area contributed by atoms with Gasteiger partial charge in [0.25, 0.3) is 5.91 Å². The number of nitrogens with zero attached hydrogens (tertiary/aromatic N) is 1. The number of Topliss-reactive ketones (excluding diaryl/α,β-unsaturated/α-hetero) is 1. The molecule has 1 aliphatic rings. The highest BCUT2D eigenvalue weighted by atomic mass is 35.5. The lowest BCUT2D eigenvalue weighted by Crippen LogP contribution is -2.30. The second kappa shape index (κ2) is 11.0. The maximum absolute atomic E-state index is 14.0. The minimum atomic E-state index is -0.849. The Balaban J connectivity index is 1.60. The molecular weight excluding hydrogens is 542 g/mol. The highest BCUT2D eigenvalue weighted by Crippen LogP contribution is 2.42. The number of hydrogen-bond acceptors (Lipinski definition) is 6. The zero-order valence-corrected chi connectivity index (χ0v) is 24.4. The van der Waals surface area contributed by atoms with Gasteiger partial charge in [-0.3, -0.25) is 9.59 Å². The molecule has 5 rings (SSSR count). The third-order valence-electron chi connectivity index (χ3n) is 7.19. The Hall–Kier alpha value is -4.23. The molecule has 1 aliphatic heterocycles. The first-order valence-corrected chi connectivity index (χ1v) is 13.8. The standard InChI is InChI=1S/C33H32ClNO6/c1-6-40-24-9-7-8-19(14-24)18-35-28(20-10-12-22(13-11-20)33(2,3)4)27(30(37)32(35)38)29(36)25-16-21-15-23(34)17-26(39-5)31(21)41-25/h7-17,28,37H,6,18H2,1-5H3. The van der Waals surface area contributed by atoms with Gasteiger partial charge < -0.3 is 23.9 Å². The van der Waals surface area contributed by atoms with Crippen LogP contribution in [0.4, 0.5) is 0 Å². The summed E-state index contributed by atoms with van der Waals surface area (Å²) in [6.45, 7) is 8.89. The first-order valence-electron chi connectivity index (χ1n) is 13.4. The molecule has 1 amide bonds. The lowest BCUT2D eigenvalue weighted by Gasteiger charge is -2.28. The molecule has 1 N–H and O–H groups in total. The van der Waals surface area contributed by atoms with Crippen molar-refractivity contribution in [2.75, 3.05) is 13.7 Å². The van der Waals surface area contributed by atoms with Gasteiger partial charge >= 0.3 is 0 Å². The average Bonchev–Trinajstić information content (AvgIpc) is 3.47. The largest absolute Gasteiger partial charge is 0.503 e. The number of carbonyl (C=O) groups excluding carboxylic acids is 2. The Morgan fingerprint density at radius 1 is 1.07 bits per heavy atom. The van der Waals surface area contributed by atoms with Crippen LogP contribution in [0.3, 0.4) is 0 Å². The van der Waals surface area contributed by atoms with Crippen molar-refractivity contribution in [1.82, 2.24) is 4.90 Å². The molecule has 0 aliphatic carbocycles. The second-order valence-electron chi connectivity index (χ2n) is 11.0. The van der Waals surface area contributed by atoms with E-state index in [-0.39, 0.29) is 23.3 Å². The van der Waals surface area contributed by atoms with Crippen LogP contribution in [0.2, 0.25) is 5.02 Å². The molecule has 1 aromatic heterocycles. The number of halogens is 1. The Morgan fingerprint density at radius 2 is 1.80 bits per heavy atom. The quantitative estimate of drug-likeness (QED) is 0.219. The van der Waals surface area contributed by atoms with Crippen LogP contribution in [0.5, 0.6) is 11.5 Å². The van der Waals surface area contributed by atoms with E-state index in [2.05, 4.69) is 20.8 Å². The van der Waals surface area contributed by atoms with Crippen LogP contribution in [0.15, 0.2) is 82.5 Å². The second-order valence-corrected chi connectivity index (χ2v) is 11.5. The van der Waals surface area contributed by atoms with E-state index < -0.39 is 23.5 Å². The number of methoxy groups -OCH3 is 1. The van der Waals surface area contributed by atoms with E-state index in [9.17, 15) is 14.7 Å². The summed E-state index contributed by atoms with van der Waals surface area (Å²) in [5.41, 5.74) is 2.80. The number of aliphatic hydroxyl groups is 1. The summed E-state index contributed by atoms with van der Waals surface area (Å²) in [7, 11) is 1.48. The van der Waals surface area contributed by atoms with Gasteiger partial charge in [0, 0.05) is 23.0 Å². The molecule has 4 aromatic rings. The zero-order valence-electron chi connectivity index (χ0n) is 23.7. The van der Waals surface area contributed by atoms with E-state index >= 15 is 0 Å². The minimum absolute atomic E-state index is 0.0357. The average molecular weight is 574 g/mol. The Morgan fingerprint density at radius 3 is 2.46 bits per heavy atom. The van der Waals surface area contributed by atoms with Crippen molar-refractivity contribution >= 4 is 34.3 Å². The van der Waals surface area contributed by atoms with Gasteiger partial charge in [0.2, 0.25) is 5.78 Å². The minimum Gasteiger partial charge on any atom is -0.503 e. The number of carbonyl (C=O) groups is 2. The van der Waals surface area contributed by atoms with Crippen LogP contribution in [0.25, 0.3) is 11.0 Å². The van der Waals surface area contributed by atoms with E-state index in [1.165, 1.54) is 12.0 Å². The van der Waals surface area contributed by atoms with Crippen LogP contribution in [-0.2, 0) is 16.8 Å². The molecule has 8 heteroatoms. The molecule has 0 saturated heterocycles. The van der Waals surface area contributed by atoms with Crippen LogP contribution in [-0.4, -0.2) is 35.4 Å². The van der Waals surface area contributed by atoms with Gasteiger partial charge in [-0.2, -0.15) is 0 Å². The summed E-state index contributed by atoms with van der Waals surface area (Å²) in [5, 5.41) is 12.2. The van der Waals surface area contributed by atoms with Gasteiger partial charge in [0.15, 0.2) is 22.9 Å². The normalized spacial score (nSPS) is 15.6. The molecule has 212 valence electrons. The fourth-order valence-corrected chi connectivity index (χ4v) is 5.36. The molecule has 0 saturated carbocycles. The summed E-state index contributed by atoms with van der Waals surface area (Å²) in [6.07, 6.45) is 0. The van der Waals surface area contributed by atoms with Gasteiger partial charge in [-0.25, -0.2) is 0 Å². The molecule has 0 radical (unpaired) electrons. The number of aliphatic hydroxyl groups excluding tert-OH is 1. The molecular formula is C33H32ClNO6. The van der Waals surface area contributed by atoms with Gasteiger partial charge in [0.05, 0.1) is 25.3 Å².